The molecule has 3 rings (SSSR count). The molecule has 0 aliphatic heterocycles. The molecule has 1 heterocycles. The van der Waals surface area contributed by atoms with E-state index in [9.17, 15) is 25.9 Å². The molecule has 0 amide bonds. The Morgan fingerprint density at radius 1 is 0.704 bits per heavy atom. The van der Waals surface area contributed by atoms with E-state index in [0.29, 0.717) is 11.1 Å². The molecule has 27 heavy (non-hydrogen) atoms. The second kappa shape index (κ2) is 7.10. The first-order valence-electron chi connectivity index (χ1n) is 7.65. The van der Waals surface area contributed by atoms with E-state index in [1.807, 2.05) is 19.1 Å². The van der Waals surface area contributed by atoms with Crippen LogP contribution in [0.5, 0.6) is 0 Å². The van der Waals surface area contributed by atoms with Gasteiger partial charge in [0.15, 0.2) is 0 Å². The van der Waals surface area contributed by atoms with Crippen LogP contribution < -0.4 is 0 Å². The molecule has 0 aliphatic rings. The lowest BCUT2D eigenvalue weighted by Gasteiger charge is -2.02. The van der Waals surface area contributed by atoms with Crippen LogP contribution in [0.4, 0.5) is 0 Å². The van der Waals surface area contributed by atoms with E-state index >= 15 is 0 Å². The Hall–Kier alpha value is -2.17. The molecule has 140 valence electrons. The van der Waals surface area contributed by atoms with Gasteiger partial charge in [0.25, 0.3) is 20.2 Å². The molecule has 0 radical (unpaired) electrons. The van der Waals surface area contributed by atoms with Crippen LogP contribution in [0.25, 0.3) is 20.9 Å². The summed E-state index contributed by atoms with van der Waals surface area (Å²) in [6.45, 7) is 1.86. The molecule has 3 aromatic rings. The molecule has 0 fully saturated rings. The molecule has 0 saturated heterocycles. The first-order chi connectivity index (χ1) is 12.5. The van der Waals surface area contributed by atoms with E-state index in [1.54, 1.807) is 12.1 Å². The second-order valence-corrected chi connectivity index (χ2v) is 9.80. The zero-order valence-corrected chi connectivity index (χ0v) is 16.5. The Bertz CT molecular complexity index is 1140. The zero-order valence-electron chi connectivity index (χ0n) is 14.0. The van der Waals surface area contributed by atoms with Gasteiger partial charge in [-0.05, 0) is 48.9 Å². The maximum atomic E-state index is 11.4. The normalized spacial score (nSPS) is 12.1. The maximum Gasteiger partial charge on any atom is 0.294 e. The van der Waals surface area contributed by atoms with Crippen LogP contribution in [0, 0.1) is 6.92 Å². The van der Waals surface area contributed by atoms with Gasteiger partial charge in [-0.1, -0.05) is 12.1 Å². The molecule has 9 heteroatoms. The summed E-state index contributed by atoms with van der Waals surface area (Å²) in [7, 11) is -8.64. The van der Waals surface area contributed by atoms with Gasteiger partial charge in [0.1, 0.15) is 0 Å². The third-order valence-electron chi connectivity index (χ3n) is 3.77. The van der Waals surface area contributed by atoms with Crippen LogP contribution in [0.15, 0.2) is 70.5 Å². The fraction of sp³-hybridized carbons (Fsp3) is 0.0556. The van der Waals surface area contributed by atoms with Crippen LogP contribution in [0.1, 0.15) is 5.56 Å². The van der Waals surface area contributed by atoms with E-state index < -0.39 is 20.2 Å². The Morgan fingerprint density at radius 2 is 1.11 bits per heavy atom. The van der Waals surface area contributed by atoms with Crippen LogP contribution in [0.3, 0.4) is 0 Å². The quantitative estimate of drug-likeness (QED) is 0.482. The minimum absolute atomic E-state index is 0.205. The SMILES string of the molecule is Cc1cc(-c2cccc(S(=O)(=O)O)c2)[s+]c(-c2cccc(S(=O)(=O)O)c2)c1. The van der Waals surface area contributed by atoms with E-state index in [0.717, 1.165) is 15.3 Å². The third-order valence-corrected chi connectivity index (χ3v) is 6.62. The summed E-state index contributed by atoms with van der Waals surface area (Å²) in [6.07, 6.45) is 0. The number of hydrogen-bond donors (Lipinski definition) is 2. The van der Waals surface area contributed by atoms with Gasteiger partial charge in [-0.15, -0.1) is 0 Å². The van der Waals surface area contributed by atoms with Gasteiger partial charge in [-0.3, -0.25) is 9.11 Å². The highest BCUT2D eigenvalue weighted by Gasteiger charge is 2.21. The smallest absolute Gasteiger partial charge is 0.282 e. The maximum absolute atomic E-state index is 11.4. The standard InChI is InChI=1S/C18H14O6S3/c1-12-8-17(13-4-2-6-15(10-13)26(19,20)21)25-18(9-12)14-5-3-7-16(11-14)27(22,23)24/h2-11H,1H3,(H-,19,20,21,22,23,24)/p+1. The molecular formula is C18H15O6S3+. The summed E-state index contributed by atoms with van der Waals surface area (Å²) in [6, 6.07) is 15.6. The summed E-state index contributed by atoms with van der Waals surface area (Å²) in [5, 5.41) is 0. The topological polar surface area (TPSA) is 109 Å². The Morgan fingerprint density at radius 3 is 1.48 bits per heavy atom. The lowest BCUT2D eigenvalue weighted by Crippen LogP contribution is -1.98. The fourth-order valence-corrected chi connectivity index (χ4v) is 4.81. The highest BCUT2D eigenvalue weighted by Crippen LogP contribution is 2.35. The highest BCUT2D eigenvalue weighted by molar-refractivity contribution is 7.86. The summed E-state index contributed by atoms with van der Waals surface area (Å²) in [4.78, 5) is 1.08. The van der Waals surface area contributed by atoms with Gasteiger partial charge in [-0.2, -0.15) is 16.8 Å². The summed E-state index contributed by atoms with van der Waals surface area (Å²) in [5.74, 6) is 0. The largest absolute Gasteiger partial charge is 0.294 e. The predicted octanol–water partition coefficient (Wildman–Crippen LogP) is 4.17. The predicted molar refractivity (Wildman–Crippen MR) is 104 cm³/mol. The molecule has 0 atom stereocenters. The van der Waals surface area contributed by atoms with E-state index in [1.165, 1.54) is 47.7 Å². The number of aryl methyl sites for hydroxylation is 1. The van der Waals surface area contributed by atoms with Crippen LogP contribution in [0.2, 0.25) is 0 Å². The van der Waals surface area contributed by atoms with Crippen molar-refractivity contribution in [2.24, 2.45) is 0 Å². The molecule has 6 nitrogen and oxygen atoms in total. The molecule has 0 unspecified atom stereocenters. The van der Waals surface area contributed by atoms with Crippen molar-refractivity contribution >= 4 is 31.6 Å². The lowest BCUT2D eigenvalue weighted by atomic mass is 10.1. The van der Waals surface area contributed by atoms with Gasteiger partial charge in [0.05, 0.1) is 9.79 Å². The Labute approximate surface area is 161 Å². The Balaban J connectivity index is 2.14. The van der Waals surface area contributed by atoms with Crippen LogP contribution in [-0.4, -0.2) is 25.9 Å². The minimum atomic E-state index is -4.32. The average Bonchev–Trinajstić information content (AvgIpc) is 2.60. The summed E-state index contributed by atoms with van der Waals surface area (Å²) < 4.78 is 64.0. The molecule has 0 spiro atoms. The lowest BCUT2D eigenvalue weighted by molar-refractivity contribution is 0.481. The second-order valence-electron chi connectivity index (χ2n) is 5.87. The monoisotopic (exact) mass is 423 g/mol. The molecule has 0 saturated carbocycles. The van der Waals surface area contributed by atoms with Crippen molar-refractivity contribution in [2.45, 2.75) is 16.7 Å². The van der Waals surface area contributed by atoms with Crippen molar-refractivity contribution in [3.63, 3.8) is 0 Å². The van der Waals surface area contributed by atoms with Crippen molar-refractivity contribution in [3.05, 3.63) is 66.2 Å². The third kappa shape index (κ3) is 4.57. The first-order valence-corrected chi connectivity index (χ1v) is 11.3. The number of rotatable bonds is 4. The van der Waals surface area contributed by atoms with Gasteiger partial charge >= 0.3 is 0 Å². The molecule has 2 N–H and O–H groups in total. The van der Waals surface area contributed by atoms with E-state index in [2.05, 4.69) is 0 Å². The summed E-state index contributed by atoms with van der Waals surface area (Å²) in [5.41, 5.74) is 2.09. The van der Waals surface area contributed by atoms with Crippen molar-refractivity contribution in [1.29, 1.82) is 0 Å². The number of benzene rings is 2. The molecular weight excluding hydrogens is 408 g/mol. The molecule has 0 bridgehead atoms. The summed E-state index contributed by atoms with van der Waals surface area (Å²) >= 11 is 1.33. The van der Waals surface area contributed by atoms with Crippen molar-refractivity contribution in [2.75, 3.05) is 0 Å². The zero-order chi connectivity index (χ0) is 19.8. The van der Waals surface area contributed by atoms with Crippen LogP contribution >= 0.6 is 11.3 Å². The van der Waals surface area contributed by atoms with Crippen molar-refractivity contribution in [3.8, 4) is 20.9 Å². The van der Waals surface area contributed by atoms with Crippen molar-refractivity contribution in [1.82, 2.24) is 0 Å². The fourth-order valence-electron chi connectivity index (χ4n) is 2.54. The average molecular weight is 424 g/mol. The molecule has 0 aliphatic carbocycles. The minimum Gasteiger partial charge on any atom is -0.282 e. The van der Waals surface area contributed by atoms with Gasteiger partial charge < -0.3 is 0 Å². The molecule has 1 aromatic heterocycles. The number of hydrogen-bond acceptors (Lipinski definition) is 4. The van der Waals surface area contributed by atoms with Crippen LogP contribution in [-0.2, 0) is 20.2 Å². The first kappa shape index (κ1) is 19.6. The van der Waals surface area contributed by atoms with E-state index in [-0.39, 0.29) is 9.79 Å². The van der Waals surface area contributed by atoms with Gasteiger partial charge in [-0.25, -0.2) is 0 Å². The van der Waals surface area contributed by atoms with Gasteiger partial charge in [0, 0.05) is 23.3 Å². The van der Waals surface area contributed by atoms with E-state index in [4.69, 9.17) is 0 Å². The van der Waals surface area contributed by atoms with Crippen molar-refractivity contribution < 1.29 is 25.9 Å². The Kier molecular flexibility index (Phi) is 5.15. The van der Waals surface area contributed by atoms with Gasteiger partial charge in [0.2, 0.25) is 21.1 Å². The highest BCUT2D eigenvalue weighted by atomic mass is 32.2. The molecule has 2 aromatic carbocycles.